The third kappa shape index (κ3) is 4.72. The molecule has 1 saturated heterocycles. The maximum Gasteiger partial charge on any atom is 0.323 e. The number of urea groups is 1. The maximum atomic E-state index is 13.0. The van der Waals surface area contributed by atoms with E-state index in [0.29, 0.717) is 53.0 Å². The number of pyridine rings is 1. The number of nitrogens with one attached hydrogen (secondary N) is 2. The second kappa shape index (κ2) is 9.02. The number of nitrogens with zero attached hydrogens (tertiary/aromatic N) is 7. The first-order valence-corrected chi connectivity index (χ1v) is 11.2. The van der Waals surface area contributed by atoms with Crippen LogP contribution in [0.25, 0.3) is 22.1 Å². The molecule has 5 heterocycles. The minimum Gasteiger partial charge on any atom is -0.339 e. The predicted octanol–water partition coefficient (Wildman–Crippen LogP) is 3.31. The average Bonchev–Trinajstić information content (AvgIpc) is 3.56. The van der Waals surface area contributed by atoms with E-state index in [9.17, 15) is 9.18 Å². The van der Waals surface area contributed by atoms with Gasteiger partial charge in [0.15, 0.2) is 5.01 Å². The van der Waals surface area contributed by atoms with Crippen molar-refractivity contribution in [2.45, 2.75) is 26.2 Å². The van der Waals surface area contributed by atoms with Gasteiger partial charge in [0.25, 0.3) is 0 Å². The number of rotatable bonds is 5. The Morgan fingerprint density at radius 2 is 2.15 bits per heavy atom. The second-order valence-corrected chi connectivity index (χ2v) is 8.74. The second-order valence-electron chi connectivity index (χ2n) is 7.76. The standard InChI is InChI=1S/C20H20FN9O2S/c1-11-14(10-23-26-11)18-27-28-19(33-18)25-20(31)30-6-4-12(5-7-30)8-16-24-17(29-32-16)15-3-2-13(21)9-22-15/h2-3,9-10,12H,4-8H2,1H3,(H,23,26)(H,25,28,31). The highest BCUT2D eigenvalue weighted by Gasteiger charge is 2.25. The highest BCUT2D eigenvalue weighted by molar-refractivity contribution is 7.18. The third-order valence-corrected chi connectivity index (χ3v) is 6.36. The zero-order chi connectivity index (χ0) is 22.8. The summed E-state index contributed by atoms with van der Waals surface area (Å²) in [6, 6.07) is 2.63. The highest BCUT2D eigenvalue weighted by Crippen LogP contribution is 2.28. The van der Waals surface area contributed by atoms with Crippen LogP contribution in [-0.2, 0) is 6.42 Å². The zero-order valence-corrected chi connectivity index (χ0v) is 18.5. The molecule has 5 rings (SSSR count). The summed E-state index contributed by atoms with van der Waals surface area (Å²) in [6.07, 6.45) is 5.06. The normalized spacial score (nSPS) is 14.5. The summed E-state index contributed by atoms with van der Waals surface area (Å²) in [5.74, 6) is 0.748. The largest absolute Gasteiger partial charge is 0.339 e. The van der Waals surface area contributed by atoms with Gasteiger partial charge in [-0.15, -0.1) is 10.2 Å². The molecule has 170 valence electrons. The van der Waals surface area contributed by atoms with Crippen LogP contribution in [0.5, 0.6) is 0 Å². The van der Waals surface area contributed by atoms with Crippen molar-refractivity contribution < 1.29 is 13.7 Å². The molecule has 0 unspecified atom stereocenters. The lowest BCUT2D eigenvalue weighted by Crippen LogP contribution is -2.41. The molecule has 11 nitrogen and oxygen atoms in total. The zero-order valence-electron chi connectivity index (χ0n) is 17.7. The molecule has 0 saturated carbocycles. The Kier molecular flexibility index (Phi) is 5.77. The number of likely N-dealkylation sites (tertiary alicyclic amines) is 1. The summed E-state index contributed by atoms with van der Waals surface area (Å²) < 4.78 is 18.4. The molecule has 4 aromatic heterocycles. The number of aryl methyl sites for hydroxylation is 1. The van der Waals surface area contributed by atoms with Crippen molar-refractivity contribution in [3.63, 3.8) is 0 Å². The number of piperidine rings is 1. The van der Waals surface area contributed by atoms with E-state index < -0.39 is 5.82 Å². The first kappa shape index (κ1) is 21.1. The third-order valence-electron chi connectivity index (χ3n) is 5.49. The van der Waals surface area contributed by atoms with Gasteiger partial charge < -0.3 is 9.42 Å². The minimum atomic E-state index is -0.419. The lowest BCUT2D eigenvalue weighted by atomic mass is 9.94. The molecule has 33 heavy (non-hydrogen) atoms. The van der Waals surface area contributed by atoms with Crippen molar-refractivity contribution in [2.24, 2.45) is 5.92 Å². The monoisotopic (exact) mass is 469 g/mol. The van der Waals surface area contributed by atoms with E-state index >= 15 is 0 Å². The van der Waals surface area contributed by atoms with Crippen LogP contribution in [0.4, 0.5) is 14.3 Å². The molecule has 1 fully saturated rings. The van der Waals surface area contributed by atoms with E-state index in [-0.39, 0.29) is 6.03 Å². The van der Waals surface area contributed by atoms with Crippen molar-refractivity contribution in [2.75, 3.05) is 18.4 Å². The van der Waals surface area contributed by atoms with Gasteiger partial charge in [-0.25, -0.2) is 14.2 Å². The van der Waals surface area contributed by atoms with Crippen LogP contribution in [0.15, 0.2) is 29.0 Å². The first-order chi connectivity index (χ1) is 16.0. The van der Waals surface area contributed by atoms with E-state index in [1.165, 1.54) is 23.5 Å². The predicted molar refractivity (Wildman–Crippen MR) is 117 cm³/mol. The van der Waals surface area contributed by atoms with Gasteiger partial charge in [0.05, 0.1) is 18.0 Å². The topological polar surface area (TPSA) is 139 Å². The molecule has 13 heteroatoms. The van der Waals surface area contributed by atoms with Crippen molar-refractivity contribution >= 4 is 22.5 Å². The first-order valence-electron chi connectivity index (χ1n) is 10.4. The number of carbonyl (C=O) groups excluding carboxylic acids is 1. The van der Waals surface area contributed by atoms with Crippen molar-refractivity contribution in [1.29, 1.82) is 0 Å². The van der Waals surface area contributed by atoms with Gasteiger partial charge in [-0.2, -0.15) is 10.1 Å². The van der Waals surface area contributed by atoms with Crippen LogP contribution in [-0.4, -0.2) is 59.5 Å². The van der Waals surface area contributed by atoms with E-state index in [0.717, 1.165) is 30.3 Å². The van der Waals surface area contributed by atoms with Gasteiger partial charge >= 0.3 is 6.03 Å². The molecular weight excluding hydrogens is 449 g/mol. The quantitative estimate of drug-likeness (QED) is 0.454. The number of aromatic nitrogens is 7. The molecule has 0 atom stereocenters. The number of amides is 2. The number of hydrogen-bond acceptors (Lipinski definition) is 9. The van der Waals surface area contributed by atoms with E-state index in [1.54, 1.807) is 11.1 Å². The molecule has 0 bridgehead atoms. The Hall–Kier alpha value is -3.74. The van der Waals surface area contributed by atoms with Gasteiger partial charge in [0, 0.05) is 25.2 Å². The molecule has 2 N–H and O–H groups in total. The van der Waals surface area contributed by atoms with Gasteiger partial charge in [-0.05, 0) is 37.8 Å². The van der Waals surface area contributed by atoms with Gasteiger partial charge in [-0.3, -0.25) is 10.4 Å². The molecule has 0 aromatic carbocycles. The number of aromatic amines is 1. The average molecular weight is 470 g/mol. The fraction of sp³-hybridized carbons (Fsp3) is 0.350. The highest BCUT2D eigenvalue weighted by atomic mass is 32.1. The van der Waals surface area contributed by atoms with Crippen molar-refractivity contribution in [1.82, 2.24) is 40.4 Å². The number of anilines is 1. The fourth-order valence-electron chi connectivity index (χ4n) is 3.66. The van der Waals surface area contributed by atoms with E-state index in [1.807, 2.05) is 6.92 Å². The van der Waals surface area contributed by atoms with Gasteiger partial charge in [-0.1, -0.05) is 16.5 Å². The van der Waals surface area contributed by atoms with Crippen LogP contribution >= 0.6 is 11.3 Å². The summed E-state index contributed by atoms with van der Waals surface area (Å²) in [5, 5.41) is 23.0. The van der Waals surface area contributed by atoms with Crippen LogP contribution < -0.4 is 5.32 Å². The Morgan fingerprint density at radius 3 is 2.88 bits per heavy atom. The van der Waals surface area contributed by atoms with Crippen LogP contribution in [0, 0.1) is 18.7 Å². The molecule has 1 aliphatic rings. The Morgan fingerprint density at radius 1 is 1.30 bits per heavy atom. The van der Waals surface area contributed by atoms with Gasteiger partial charge in [0.2, 0.25) is 16.8 Å². The Labute approximate surface area is 191 Å². The summed E-state index contributed by atoms with van der Waals surface area (Å²) in [4.78, 5) is 22.7. The lowest BCUT2D eigenvalue weighted by molar-refractivity contribution is 0.179. The summed E-state index contributed by atoms with van der Waals surface area (Å²) in [6.45, 7) is 3.13. The molecule has 0 spiro atoms. The number of hydrogen-bond donors (Lipinski definition) is 2. The van der Waals surface area contributed by atoms with Crippen LogP contribution in [0.1, 0.15) is 24.4 Å². The number of carbonyl (C=O) groups is 1. The molecule has 4 aromatic rings. The SMILES string of the molecule is Cc1[nH]ncc1-c1nnc(NC(=O)N2CCC(Cc3nc(-c4ccc(F)cn4)no3)CC2)s1. The molecule has 1 aliphatic heterocycles. The summed E-state index contributed by atoms with van der Waals surface area (Å²) >= 11 is 1.31. The van der Waals surface area contributed by atoms with Crippen molar-refractivity contribution in [3.05, 3.63) is 41.9 Å². The van der Waals surface area contributed by atoms with E-state index in [2.05, 4.69) is 40.8 Å². The summed E-state index contributed by atoms with van der Waals surface area (Å²) in [5.41, 5.74) is 2.22. The van der Waals surface area contributed by atoms with E-state index in [4.69, 9.17) is 4.52 Å². The Bertz CT molecular complexity index is 1240. The van der Waals surface area contributed by atoms with Crippen molar-refractivity contribution in [3.8, 4) is 22.1 Å². The lowest BCUT2D eigenvalue weighted by Gasteiger charge is -2.31. The smallest absolute Gasteiger partial charge is 0.323 e. The summed E-state index contributed by atoms with van der Waals surface area (Å²) in [7, 11) is 0. The van der Waals surface area contributed by atoms with Crippen LogP contribution in [0.2, 0.25) is 0 Å². The van der Waals surface area contributed by atoms with Crippen LogP contribution in [0.3, 0.4) is 0 Å². The molecule has 2 amide bonds. The maximum absolute atomic E-state index is 13.0. The number of H-pyrrole nitrogens is 1. The molecular formula is C20H20FN9O2S. The number of halogens is 1. The minimum absolute atomic E-state index is 0.192. The molecule has 0 radical (unpaired) electrons. The fourth-order valence-corrected chi connectivity index (χ4v) is 4.46. The van der Waals surface area contributed by atoms with Gasteiger partial charge in [0.1, 0.15) is 11.5 Å². The Balaban J connectivity index is 1.12. The molecule has 0 aliphatic carbocycles.